The monoisotopic (exact) mass is 536 g/mol. The predicted molar refractivity (Wildman–Crippen MR) is 152 cm³/mol. The van der Waals surface area contributed by atoms with Crippen LogP contribution in [0.3, 0.4) is 0 Å². The number of hydrogen-bond acceptors (Lipinski definition) is 5. The molecule has 0 atom stereocenters. The second-order valence-electron chi connectivity index (χ2n) is 9.02. The van der Waals surface area contributed by atoms with E-state index >= 15 is 0 Å². The van der Waals surface area contributed by atoms with Crippen molar-refractivity contribution in [3.05, 3.63) is 77.3 Å². The molecule has 4 rings (SSSR count). The third-order valence-electron chi connectivity index (χ3n) is 6.51. The van der Waals surface area contributed by atoms with Gasteiger partial charge in [0.2, 0.25) is 5.91 Å². The number of aryl methyl sites for hydroxylation is 1. The van der Waals surface area contributed by atoms with Gasteiger partial charge in [-0.2, -0.15) is 0 Å². The number of amides is 3. The van der Waals surface area contributed by atoms with Crippen LogP contribution in [-0.4, -0.2) is 57.2 Å². The van der Waals surface area contributed by atoms with E-state index in [4.69, 9.17) is 21.1 Å². The standard InChI is InChI=1S/C29H33ClN4O4/c1-37-24-19-25(30)28(26(20-24)38-2)32-29(36)34-17-15-33(16-18-34)23-13-11-22(12-14-23)31-27(35)10-6-9-21-7-4-3-5-8-21/h3-5,7-8,11-14,19-20H,6,9-10,15-18H2,1-2H3,(H,31,35)(H,32,36). The Bertz CT molecular complexity index is 1230. The molecule has 9 heteroatoms. The van der Waals surface area contributed by atoms with Gasteiger partial charge in [0.1, 0.15) is 17.2 Å². The zero-order chi connectivity index (χ0) is 26.9. The summed E-state index contributed by atoms with van der Waals surface area (Å²) >= 11 is 6.35. The van der Waals surface area contributed by atoms with Crippen molar-refractivity contribution in [1.82, 2.24) is 4.90 Å². The first-order valence-electron chi connectivity index (χ1n) is 12.6. The summed E-state index contributed by atoms with van der Waals surface area (Å²) in [7, 11) is 3.06. The SMILES string of the molecule is COc1cc(Cl)c(NC(=O)N2CCN(c3ccc(NC(=O)CCCc4ccccc4)cc3)CC2)c(OC)c1. The zero-order valence-corrected chi connectivity index (χ0v) is 22.5. The molecular weight excluding hydrogens is 504 g/mol. The van der Waals surface area contributed by atoms with Crippen LogP contribution in [0.25, 0.3) is 0 Å². The van der Waals surface area contributed by atoms with Crippen LogP contribution in [0, 0.1) is 0 Å². The summed E-state index contributed by atoms with van der Waals surface area (Å²) in [6.07, 6.45) is 2.18. The first-order valence-corrected chi connectivity index (χ1v) is 13.0. The highest BCUT2D eigenvalue weighted by atomic mass is 35.5. The van der Waals surface area contributed by atoms with Crippen molar-refractivity contribution in [1.29, 1.82) is 0 Å². The first-order chi connectivity index (χ1) is 18.5. The van der Waals surface area contributed by atoms with E-state index in [1.54, 1.807) is 24.1 Å². The molecule has 1 heterocycles. The number of methoxy groups -OCH3 is 2. The van der Waals surface area contributed by atoms with Gasteiger partial charge in [0.05, 0.1) is 19.2 Å². The topological polar surface area (TPSA) is 83.1 Å². The molecule has 3 aromatic carbocycles. The van der Waals surface area contributed by atoms with Gasteiger partial charge in [-0.15, -0.1) is 0 Å². The maximum Gasteiger partial charge on any atom is 0.322 e. The van der Waals surface area contributed by atoms with E-state index in [2.05, 4.69) is 27.7 Å². The van der Waals surface area contributed by atoms with Crippen LogP contribution in [0.5, 0.6) is 11.5 Å². The number of nitrogens with zero attached hydrogens (tertiary/aromatic N) is 2. The maximum absolute atomic E-state index is 12.9. The molecule has 0 aliphatic carbocycles. The van der Waals surface area contributed by atoms with E-state index in [0.717, 1.165) is 24.2 Å². The number of ether oxygens (including phenoxy) is 2. The van der Waals surface area contributed by atoms with Gasteiger partial charge < -0.3 is 29.9 Å². The molecule has 3 aromatic rings. The van der Waals surface area contributed by atoms with Crippen LogP contribution in [0.15, 0.2) is 66.7 Å². The first kappa shape index (κ1) is 27.1. The Kier molecular flexibility index (Phi) is 9.32. The van der Waals surface area contributed by atoms with Gasteiger partial charge in [-0.3, -0.25) is 4.79 Å². The molecule has 38 heavy (non-hydrogen) atoms. The number of nitrogens with one attached hydrogen (secondary N) is 2. The summed E-state index contributed by atoms with van der Waals surface area (Å²) in [5, 5.41) is 6.19. The van der Waals surface area contributed by atoms with Gasteiger partial charge in [0.25, 0.3) is 0 Å². The van der Waals surface area contributed by atoms with Gasteiger partial charge in [-0.25, -0.2) is 4.79 Å². The largest absolute Gasteiger partial charge is 0.497 e. The van der Waals surface area contributed by atoms with Crippen molar-refractivity contribution < 1.29 is 19.1 Å². The van der Waals surface area contributed by atoms with Gasteiger partial charge in [-0.05, 0) is 42.7 Å². The molecule has 0 saturated carbocycles. The summed E-state index contributed by atoms with van der Waals surface area (Å²) in [6.45, 7) is 2.49. The minimum absolute atomic E-state index is 0.0156. The molecular formula is C29H33ClN4O4. The van der Waals surface area contributed by atoms with Crippen molar-refractivity contribution in [2.45, 2.75) is 19.3 Å². The molecule has 1 saturated heterocycles. The maximum atomic E-state index is 12.9. The van der Waals surface area contributed by atoms with Crippen LogP contribution in [-0.2, 0) is 11.2 Å². The fraction of sp³-hybridized carbons (Fsp3) is 0.310. The third-order valence-corrected chi connectivity index (χ3v) is 6.81. The van der Waals surface area contributed by atoms with Crippen molar-refractivity contribution in [3.63, 3.8) is 0 Å². The molecule has 200 valence electrons. The molecule has 2 N–H and O–H groups in total. The summed E-state index contributed by atoms with van der Waals surface area (Å²) in [5.41, 5.74) is 3.49. The van der Waals surface area contributed by atoms with Crippen molar-refractivity contribution in [2.75, 3.05) is 55.9 Å². The van der Waals surface area contributed by atoms with Crippen LogP contribution < -0.4 is 25.0 Å². The Hall–Kier alpha value is -3.91. The second-order valence-corrected chi connectivity index (χ2v) is 9.43. The van der Waals surface area contributed by atoms with Crippen LogP contribution in [0.2, 0.25) is 5.02 Å². The van der Waals surface area contributed by atoms with E-state index < -0.39 is 0 Å². The Balaban J connectivity index is 1.24. The number of rotatable bonds is 9. The summed E-state index contributed by atoms with van der Waals surface area (Å²) in [6, 6.07) is 21.1. The van der Waals surface area contributed by atoms with Crippen molar-refractivity contribution in [3.8, 4) is 11.5 Å². The molecule has 0 radical (unpaired) electrons. The molecule has 3 amide bonds. The van der Waals surface area contributed by atoms with Crippen LogP contribution in [0.1, 0.15) is 18.4 Å². The van der Waals surface area contributed by atoms with Gasteiger partial charge in [0, 0.05) is 56.1 Å². The fourth-order valence-corrected chi connectivity index (χ4v) is 4.64. The molecule has 0 bridgehead atoms. The second kappa shape index (κ2) is 13.1. The quantitative estimate of drug-likeness (QED) is 0.368. The number of carbonyl (C=O) groups excluding carboxylic acids is 2. The minimum Gasteiger partial charge on any atom is -0.497 e. The highest BCUT2D eigenvalue weighted by Crippen LogP contribution is 2.37. The zero-order valence-electron chi connectivity index (χ0n) is 21.7. The predicted octanol–water partition coefficient (Wildman–Crippen LogP) is 5.67. The number of urea groups is 1. The molecule has 0 spiro atoms. The highest BCUT2D eigenvalue weighted by molar-refractivity contribution is 6.34. The molecule has 0 aromatic heterocycles. The van der Waals surface area contributed by atoms with Gasteiger partial charge in [-0.1, -0.05) is 41.9 Å². The number of carbonyl (C=O) groups is 2. The number of benzene rings is 3. The van der Waals surface area contributed by atoms with Gasteiger partial charge >= 0.3 is 6.03 Å². The lowest BCUT2D eigenvalue weighted by Crippen LogP contribution is -2.50. The number of halogens is 1. The average Bonchev–Trinajstić information content (AvgIpc) is 2.95. The Morgan fingerprint density at radius 2 is 1.61 bits per heavy atom. The summed E-state index contributed by atoms with van der Waals surface area (Å²) < 4.78 is 10.6. The van der Waals surface area contributed by atoms with Crippen molar-refractivity contribution >= 4 is 40.6 Å². The van der Waals surface area contributed by atoms with E-state index in [1.165, 1.54) is 12.7 Å². The van der Waals surface area contributed by atoms with Crippen LogP contribution >= 0.6 is 11.6 Å². The lowest BCUT2D eigenvalue weighted by molar-refractivity contribution is -0.116. The molecule has 1 aliphatic heterocycles. The fourth-order valence-electron chi connectivity index (χ4n) is 4.39. The average molecular weight is 537 g/mol. The Labute approximate surface area is 228 Å². The van der Waals surface area contributed by atoms with Crippen LogP contribution in [0.4, 0.5) is 21.9 Å². The lowest BCUT2D eigenvalue weighted by Gasteiger charge is -2.36. The smallest absolute Gasteiger partial charge is 0.322 e. The normalized spacial score (nSPS) is 13.1. The third kappa shape index (κ3) is 7.10. The number of anilines is 3. The highest BCUT2D eigenvalue weighted by Gasteiger charge is 2.23. The molecule has 8 nitrogen and oxygen atoms in total. The Morgan fingerprint density at radius 1 is 0.895 bits per heavy atom. The van der Waals surface area contributed by atoms with E-state index in [1.807, 2.05) is 42.5 Å². The van der Waals surface area contributed by atoms with E-state index in [0.29, 0.717) is 54.8 Å². The molecule has 0 unspecified atom stereocenters. The minimum atomic E-state index is -0.236. The molecule has 1 aliphatic rings. The number of hydrogen-bond donors (Lipinski definition) is 2. The molecule has 1 fully saturated rings. The summed E-state index contributed by atoms with van der Waals surface area (Å²) in [5.74, 6) is 0.999. The number of piperazine rings is 1. The Morgan fingerprint density at radius 3 is 2.26 bits per heavy atom. The van der Waals surface area contributed by atoms with E-state index in [-0.39, 0.29) is 11.9 Å². The lowest BCUT2D eigenvalue weighted by atomic mass is 10.1. The van der Waals surface area contributed by atoms with E-state index in [9.17, 15) is 9.59 Å². The summed E-state index contributed by atoms with van der Waals surface area (Å²) in [4.78, 5) is 29.2. The van der Waals surface area contributed by atoms with Gasteiger partial charge in [0.15, 0.2) is 0 Å². The van der Waals surface area contributed by atoms with Crippen molar-refractivity contribution in [2.24, 2.45) is 0 Å².